The molecule has 3 rings (SSSR count). The van der Waals surface area contributed by atoms with E-state index in [0.29, 0.717) is 18.5 Å². The van der Waals surface area contributed by atoms with Gasteiger partial charge in [-0.15, -0.1) is 5.10 Å². The molecule has 0 bridgehead atoms. The highest BCUT2D eigenvalue weighted by Crippen LogP contribution is 2.58. The predicted octanol–water partition coefficient (Wildman–Crippen LogP) is 2.01. The minimum atomic E-state index is -4.46. The number of aliphatic hydroxyl groups is 1. The van der Waals surface area contributed by atoms with Crippen LogP contribution < -0.4 is 0 Å². The van der Waals surface area contributed by atoms with Crippen LogP contribution in [-0.2, 0) is 10.4 Å². The normalized spacial score (nSPS) is 21.8. The summed E-state index contributed by atoms with van der Waals surface area (Å²) in [7, 11) is 0. The fraction of sp³-hybridized carbons (Fsp3) is 0.800. The molecule has 6 nitrogen and oxygen atoms in total. The number of hydrogen-bond donors (Lipinski definition) is 1. The molecule has 0 aromatic carbocycles. The molecule has 0 unspecified atom stereocenters. The van der Waals surface area contributed by atoms with E-state index in [2.05, 4.69) is 10.3 Å². The Balaban J connectivity index is 1.62. The van der Waals surface area contributed by atoms with Gasteiger partial charge in [-0.25, -0.2) is 4.68 Å². The van der Waals surface area contributed by atoms with Gasteiger partial charge in [0.15, 0.2) is 0 Å². The fourth-order valence-electron chi connectivity index (χ4n) is 3.12. The molecule has 134 valence electrons. The third-order valence-electron chi connectivity index (χ3n) is 4.96. The second-order valence-corrected chi connectivity index (χ2v) is 7.25. The van der Waals surface area contributed by atoms with E-state index < -0.39 is 23.1 Å². The molecule has 0 radical (unpaired) electrons. The van der Waals surface area contributed by atoms with Crippen LogP contribution in [0.5, 0.6) is 0 Å². The van der Waals surface area contributed by atoms with Crippen LogP contribution >= 0.6 is 0 Å². The lowest BCUT2D eigenvalue weighted by molar-refractivity contribution is -0.199. The highest BCUT2D eigenvalue weighted by molar-refractivity contribution is 5.86. The standard InChI is InChI=1S/C15H21F3N4O2/c1-13(2,24)11-9-22(20-19-11)10-3-7-21(8-4-10)12(23)14(5-6-14)15(16,17)18/h9-10,24H,3-8H2,1-2H3. The highest BCUT2D eigenvalue weighted by atomic mass is 19.4. The first-order valence-corrected chi connectivity index (χ1v) is 8.05. The summed E-state index contributed by atoms with van der Waals surface area (Å²) in [6, 6.07) is -0.0290. The minimum Gasteiger partial charge on any atom is -0.384 e. The second kappa shape index (κ2) is 5.44. The Morgan fingerprint density at radius 1 is 1.29 bits per heavy atom. The van der Waals surface area contributed by atoms with Crippen molar-refractivity contribution in [3.63, 3.8) is 0 Å². The van der Waals surface area contributed by atoms with Crippen molar-refractivity contribution in [3.8, 4) is 0 Å². The molecule has 2 heterocycles. The zero-order valence-electron chi connectivity index (χ0n) is 13.7. The van der Waals surface area contributed by atoms with Gasteiger partial charge < -0.3 is 10.0 Å². The number of carbonyl (C=O) groups excluding carboxylic acids is 1. The number of hydrogen-bond acceptors (Lipinski definition) is 4. The summed E-state index contributed by atoms with van der Waals surface area (Å²) in [4.78, 5) is 13.6. The number of nitrogens with zero attached hydrogens (tertiary/aromatic N) is 4. The number of halogens is 3. The number of rotatable bonds is 3. The minimum absolute atomic E-state index is 0.0290. The van der Waals surface area contributed by atoms with E-state index in [-0.39, 0.29) is 32.0 Å². The second-order valence-electron chi connectivity index (χ2n) is 7.25. The maximum atomic E-state index is 13.1. The monoisotopic (exact) mass is 346 g/mol. The van der Waals surface area contributed by atoms with Gasteiger partial charge >= 0.3 is 6.18 Å². The number of piperidine rings is 1. The molecular weight excluding hydrogens is 325 g/mol. The van der Waals surface area contributed by atoms with Gasteiger partial charge in [0, 0.05) is 13.1 Å². The van der Waals surface area contributed by atoms with Crippen molar-refractivity contribution in [1.29, 1.82) is 0 Å². The van der Waals surface area contributed by atoms with E-state index in [1.807, 2.05) is 0 Å². The zero-order valence-corrected chi connectivity index (χ0v) is 13.7. The summed E-state index contributed by atoms with van der Waals surface area (Å²) in [5, 5.41) is 17.8. The molecule has 0 atom stereocenters. The van der Waals surface area contributed by atoms with Crippen LogP contribution in [0.2, 0.25) is 0 Å². The maximum Gasteiger partial charge on any atom is 0.403 e. The molecule has 1 saturated heterocycles. The number of alkyl halides is 3. The summed E-state index contributed by atoms with van der Waals surface area (Å²) in [5.74, 6) is -0.788. The summed E-state index contributed by atoms with van der Waals surface area (Å²) in [5.41, 5.74) is -2.80. The molecule has 0 spiro atoms. The van der Waals surface area contributed by atoms with Gasteiger partial charge in [-0.2, -0.15) is 13.2 Å². The van der Waals surface area contributed by atoms with Crippen LogP contribution in [0.4, 0.5) is 13.2 Å². The van der Waals surface area contributed by atoms with Crippen LogP contribution in [-0.4, -0.2) is 50.2 Å². The van der Waals surface area contributed by atoms with Crippen LogP contribution in [0.1, 0.15) is 51.3 Å². The van der Waals surface area contributed by atoms with E-state index in [4.69, 9.17) is 0 Å². The van der Waals surface area contributed by atoms with Crippen molar-refractivity contribution in [2.45, 2.75) is 57.3 Å². The Hall–Kier alpha value is -1.64. The molecule has 1 aromatic rings. The van der Waals surface area contributed by atoms with Crippen molar-refractivity contribution >= 4 is 5.91 Å². The number of likely N-dealkylation sites (tertiary alicyclic amines) is 1. The smallest absolute Gasteiger partial charge is 0.384 e. The van der Waals surface area contributed by atoms with E-state index in [1.54, 1.807) is 24.7 Å². The van der Waals surface area contributed by atoms with Crippen molar-refractivity contribution in [2.75, 3.05) is 13.1 Å². The Kier molecular flexibility index (Phi) is 3.89. The average Bonchev–Trinajstić information content (AvgIpc) is 3.16. The lowest BCUT2D eigenvalue weighted by Gasteiger charge is -2.34. The Labute approximate surface area is 137 Å². The van der Waals surface area contributed by atoms with Crippen molar-refractivity contribution in [2.24, 2.45) is 5.41 Å². The van der Waals surface area contributed by atoms with Crippen LogP contribution in [0.25, 0.3) is 0 Å². The SMILES string of the molecule is CC(C)(O)c1cn(C2CCN(C(=O)C3(C(F)(F)F)CC3)CC2)nn1. The summed E-state index contributed by atoms with van der Waals surface area (Å²) in [6.45, 7) is 3.77. The van der Waals surface area contributed by atoms with E-state index in [0.717, 1.165) is 0 Å². The van der Waals surface area contributed by atoms with Gasteiger partial charge in [-0.1, -0.05) is 5.21 Å². The fourth-order valence-corrected chi connectivity index (χ4v) is 3.12. The molecule has 2 aliphatic rings. The van der Waals surface area contributed by atoms with Crippen molar-refractivity contribution in [1.82, 2.24) is 19.9 Å². The molecule has 1 N–H and O–H groups in total. The molecule has 1 saturated carbocycles. The predicted molar refractivity (Wildman–Crippen MR) is 77.8 cm³/mol. The van der Waals surface area contributed by atoms with Crippen LogP contribution in [0.15, 0.2) is 6.20 Å². The quantitative estimate of drug-likeness (QED) is 0.909. The lowest BCUT2D eigenvalue weighted by atomic mass is 10.00. The van der Waals surface area contributed by atoms with E-state index in [1.165, 1.54) is 4.90 Å². The van der Waals surface area contributed by atoms with Gasteiger partial charge in [0.2, 0.25) is 5.91 Å². The van der Waals surface area contributed by atoms with E-state index >= 15 is 0 Å². The van der Waals surface area contributed by atoms with Gasteiger partial charge in [0.1, 0.15) is 16.7 Å². The Bertz CT molecular complexity index is 623. The number of aromatic nitrogens is 3. The molecule has 1 aliphatic heterocycles. The molecule has 2 fully saturated rings. The van der Waals surface area contributed by atoms with Crippen LogP contribution in [0.3, 0.4) is 0 Å². The molecule has 1 aliphatic carbocycles. The first kappa shape index (κ1) is 17.2. The molecule has 9 heteroatoms. The highest BCUT2D eigenvalue weighted by Gasteiger charge is 2.69. The number of amides is 1. The Morgan fingerprint density at radius 3 is 2.29 bits per heavy atom. The zero-order chi connectivity index (χ0) is 17.8. The molecular formula is C15H21F3N4O2. The average molecular weight is 346 g/mol. The van der Waals surface area contributed by atoms with Crippen molar-refractivity contribution < 1.29 is 23.1 Å². The topological polar surface area (TPSA) is 71.2 Å². The van der Waals surface area contributed by atoms with Gasteiger partial charge in [-0.3, -0.25) is 4.79 Å². The van der Waals surface area contributed by atoms with E-state index in [9.17, 15) is 23.1 Å². The third-order valence-corrected chi connectivity index (χ3v) is 4.96. The number of carbonyl (C=O) groups is 1. The lowest BCUT2D eigenvalue weighted by Crippen LogP contribution is -2.47. The largest absolute Gasteiger partial charge is 0.403 e. The first-order valence-electron chi connectivity index (χ1n) is 8.05. The van der Waals surface area contributed by atoms with Crippen molar-refractivity contribution in [3.05, 3.63) is 11.9 Å². The van der Waals surface area contributed by atoms with Gasteiger partial charge in [0.25, 0.3) is 0 Å². The molecule has 1 aromatic heterocycles. The summed E-state index contributed by atoms with van der Waals surface area (Å²) >= 11 is 0. The molecule has 24 heavy (non-hydrogen) atoms. The maximum absolute atomic E-state index is 13.1. The third kappa shape index (κ3) is 2.89. The van der Waals surface area contributed by atoms with Gasteiger partial charge in [-0.05, 0) is 39.5 Å². The Morgan fingerprint density at radius 2 is 1.88 bits per heavy atom. The summed E-state index contributed by atoms with van der Waals surface area (Å²) in [6.07, 6.45) is -1.97. The van der Waals surface area contributed by atoms with Crippen LogP contribution in [0, 0.1) is 5.41 Å². The first-order chi connectivity index (χ1) is 11.0. The van der Waals surface area contributed by atoms with Gasteiger partial charge in [0.05, 0.1) is 12.2 Å². The molecule has 1 amide bonds. The summed E-state index contributed by atoms with van der Waals surface area (Å²) < 4.78 is 40.8.